The quantitative estimate of drug-likeness (QED) is 0.638. The summed E-state index contributed by atoms with van der Waals surface area (Å²) in [5.41, 5.74) is 2.43. The molecule has 2 heterocycles. The number of aryl methyl sites for hydroxylation is 1. The number of benzene rings is 2. The van der Waals surface area contributed by atoms with Crippen LogP contribution < -0.4 is 4.74 Å². The van der Waals surface area contributed by atoms with Crippen LogP contribution in [0.2, 0.25) is 0 Å². The van der Waals surface area contributed by atoms with Crippen LogP contribution in [0.4, 0.5) is 0 Å². The van der Waals surface area contributed by atoms with Crippen LogP contribution in [0.5, 0.6) is 5.75 Å². The van der Waals surface area contributed by atoms with Gasteiger partial charge in [0.05, 0.1) is 19.7 Å². The number of likely N-dealkylation sites (tertiary alicyclic amines) is 1. The third-order valence-corrected chi connectivity index (χ3v) is 5.98. The summed E-state index contributed by atoms with van der Waals surface area (Å²) in [7, 11) is 5.65. The van der Waals surface area contributed by atoms with Gasteiger partial charge in [-0.3, -0.25) is 9.69 Å². The van der Waals surface area contributed by atoms with Gasteiger partial charge < -0.3 is 14.2 Å². The van der Waals surface area contributed by atoms with E-state index in [-0.39, 0.29) is 5.91 Å². The Morgan fingerprint density at radius 2 is 1.97 bits per heavy atom. The highest BCUT2D eigenvalue weighted by Crippen LogP contribution is 2.31. The van der Waals surface area contributed by atoms with E-state index >= 15 is 0 Å². The Balaban J connectivity index is 1.41. The molecule has 1 amide bonds. The lowest BCUT2D eigenvalue weighted by atomic mass is 10.1. The van der Waals surface area contributed by atoms with Gasteiger partial charge in [-0.25, -0.2) is 0 Å². The first-order chi connectivity index (χ1) is 14.0. The fourth-order valence-corrected chi connectivity index (χ4v) is 4.33. The molecular weight excluding hydrogens is 362 g/mol. The van der Waals surface area contributed by atoms with Crippen LogP contribution in [0, 0.1) is 0 Å². The molecule has 1 atom stereocenters. The van der Waals surface area contributed by atoms with Crippen molar-refractivity contribution in [1.82, 2.24) is 14.4 Å². The topological polar surface area (TPSA) is 37.7 Å². The number of hydrogen-bond acceptors (Lipinski definition) is 3. The van der Waals surface area contributed by atoms with Crippen LogP contribution in [0.1, 0.15) is 30.1 Å². The molecule has 152 valence electrons. The van der Waals surface area contributed by atoms with Gasteiger partial charge in [0.1, 0.15) is 5.75 Å². The lowest BCUT2D eigenvalue weighted by Gasteiger charge is -2.27. The molecule has 5 nitrogen and oxygen atoms in total. The van der Waals surface area contributed by atoms with Gasteiger partial charge in [0, 0.05) is 32.5 Å². The third kappa shape index (κ3) is 4.15. The number of methoxy groups -OCH3 is 1. The Morgan fingerprint density at radius 3 is 2.72 bits per heavy atom. The molecule has 0 spiro atoms. The van der Waals surface area contributed by atoms with E-state index in [4.69, 9.17) is 4.74 Å². The Morgan fingerprint density at radius 1 is 1.17 bits per heavy atom. The van der Waals surface area contributed by atoms with Gasteiger partial charge in [0.2, 0.25) is 5.91 Å². The highest BCUT2D eigenvalue weighted by Gasteiger charge is 2.29. The second kappa shape index (κ2) is 8.29. The van der Waals surface area contributed by atoms with Crippen molar-refractivity contribution in [2.45, 2.75) is 25.4 Å². The van der Waals surface area contributed by atoms with Crippen LogP contribution in [0.15, 0.2) is 54.7 Å². The van der Waals surface area contributed by atoms with E-state index in [0.717, 1.165) is 41.5 Å². The third-order valence-electron chi connectivity index (χ3n) is 5.98. The van der Waals surface area contributed by atoms with Crippen LogP contribution in [0.3, 0.4) is 0 Å². The van der Waals surface area contributed by atoms with Crippen molar-refractivity contribution < 1.29 is 9.53 Å². The lowest BCUT2D eigenvalue weighted by molar-refractivity contribution is -0.131. The minimum absolute atomic E-state index is 0.168. The van der Waals surface area contributed by atoms with Gasteiger partial charge in [-0.15, -0.1) is 0 Å². The zero-order valence-corrected chi connectivity index (χ0v) is 17.5. The molecule has 0 unspecified atom stereocenters. The Labute approximate surface area is 172 Å². The van der Waals surface area contributed by atoms with Gasteiger partial charge in [0.15, 0.2) is 0 Å². The molecule has 1 saturated heterocycles. The normalized spacial score (nSPS) is 17.0. The van der Waals surface area contributed by atoms with E-state index in [0.29, 0.717) is 19.1 Å². The van der Waals surface area contributed by atoms with Crippen molar-refractivity contribution in [3.63, 3.8) is 0 Å². The van der Waals surface area contributed by atoms with E-state index < -0.39 is 0 Å². The van der Waals surface area contributed by atoms with Crippen molar-refractivity contribution in [1.29, 1.82) is 0 Å². The number of carbonyl (C=O) groups is 1. The second-order valence-electron chi connectivity index (χ2n) is 7.97. The van der Waals surface area contributed by atoms with E-state index in [1.807, 2.05) is 24.1 Å². The van der Waals surface area contributed by atoms with Crippen molar-refractivity contribution in [2.24, 2.45) is 7.05 Å². The second-order valence-corrected chi connectivity index (χ2v) is 7.97. The van der Waals surface area contributed by atoms with Crippen LogP contribution in [0.25, 0.3) is 10.8 Å². The molecule has 1 fully saturated rings. The fraction of sp³-hybridized carbons (Fsp3) is 0.375. The summed E-state index contributed by atoms with van der Waals surface area (Å²) in [5, 5.41) is 2.30. The smallest absolute Gasteiger partial charge is 0.236 e. The molecule has 2 aromatic carbocycles. The van der Waals surface area contributed by atoms with Crippen molar-refractivity contribution in [2.75, 3.05) is 27.2 Å². The molecular formula is C24H29N3O2. The summed E-state index contributed by atoms with van der Waals surface area (Å²) in [6.07, 6.45) is 4.33. The summed E-state index contributed by atoms with van der Waals surface area (Å²) in [6.45, 7) is 2.06. The first-order valence-corrected chi connectivity index (χ1v) is 10.2. The molecule has 29 heavy (non-hydrogen) atoms. The van der Waals surface area contributed by atoms with E-state index in [2.05, 4.69) is 59.1 Å². The fourth-order valence-electron chi connectivity index (χ4n) is 4.33. The first kappa shape index (κ1) is 19.5. The number of fused-ring (bicyclic) bond motifs is 1. The number of aromatic nitrogens is 1. The Kier molecular flexibility index (Phi) is 5.58. The predicted octanol–water partition coefficient (Wildman–Crippen LogP) is 3.98. The summed E-state index contributed by atoms with van der Waals surface area (Å²) in [4.78, 5) is 17.1. The molecule has 1 aliphatic rings. The lowest BCUT2D eigenvalue weighted by Crippen LogP contribution is -2.38. The van der Waals surface area contributed by atoms with Crippen LogP contribution in [-0.2, 0) is 18.4 Å². The molecule has 3 aromatic rings. The number of likely N-dealkylation sites (N-methyl/N-ethyl adjacent to an activating group) is 1. The summed E-state index contributed by atoms with van der Waals surface area (Å²) < 4.78 is 7.46. The maximum absolute atomic E-state index is 12.9. The number of ether oxygens (including phenoxy) is 1. The van der Waals surface area contributed by atoms with Gasteiger partial charge in [-0.1, -0.05) is 18.2 Å². The van der Waals surface area contributed by atoms with Gasteiger partial charge >= 0.3 is 0 Å². The summed E-state index contributed by atoms with van der Waals surface area (Å²) in [6, 6.07) is 17.0. The van der Waals surface area contributed by atoms with Crippen LogP contribution >= 0.6 is 0 Å². The SMILES string of the molecule is COc1ccc2cc(CN(C)C(=O)CN3CCC[C@@H]3c3cccn3C)ccc2c1. The van der Waals surface area contributed by atoms with Crippen LogP contribution in [-0.4, -0.2) is 47.5 Å². The molecule has 0 radical (unpaired) electrons. The molecule has 4 rings (SSSR count). The van der Waals surface area contributed by atoms with Crippen molar-refractivity contribution >= 4 is 16.7 Å². The number of carbonyl (C=O) groups excluding carboxylic acids is 1. The Hall–Kier alpha value is -2.79. The number of rotatable bonds is 6. The largest absolute Gasteiger partial charge is 0.497 e. The number of amides is 1. The number of hydrogen-bond donors (Lipinski definition) is 0. The zero-order chi connectivity index (χ0) is 20.4. The summed E-state index contributed by atoms with van der Waals surface area (Å²) >= 11 is 0. The highest BCUT2D eigenvalue weighted by molar-refractivity contribution is 5.84. The minimum Gasteiger partial charge on any atom is -0.497 e. The van der Waals surface area contributed by atoms with E-state index in [1.165, 1.54) is 5.69 Å². The van der Waals surface area contributed by atoms with Crippen molar-refractivity contribution in [3.05, 3.63) is 66.0 Å². The average molecular weight is 392 g/mol. The molecule has 5 heteroatoms. The maximum Gasteiger partial charge on any atom is 0.236 e. The molecule has 1 aliphatic heterocycles. The minimum atomic E-state index is 0.168. The average Bonchev–Trinajstić information content (AvgIpc) is 3.35. The zero-order valence-electron chi connectivity index (χ0n) is 17.5. The van der Waals surface area contributed by atoms with Gasteiger partial charge in [-0.05, 0) is 66.1 Å². The predicted molar refractivity (Wildman–Crippen MR) is 116 cm³/mol. The summed E-state index contributed by atoms with van der Waals surface area (Å²) in [5.74, 6) is 1.02. The first-order valence-electron chi connectivity index (χ1n) is 10.2. The molecule has 1 aromatic heterocycles. The van der Waals surface area contributed by atoms with E-state index in [1.54, 1.807) is 7.11 Å². The van der Waals surface area contributed by atoms with Crippen molar-refractivity contribution in [3.8, 4) is 5.75 Å². The highest BCUT2D eigenvalue weighted by atomic mass is 16.5. The molecule has 0 aliphatic carbocycles. The standard InChI is InChI=1S/C24H29N3O2/c1-25-12-4-6-22(25)23-7-5-13-27(23)17-24(28)26(2)16-18-8-9-20-15-21(29-3)11-10-19(20)14-18/h4,6,8-12,14-15,23H,5,7,13,16-17H2,1-3H3/t23-/m1/s1. The number of nitrogens with zero attached hydrogens (tertiary/aromatic N) is 3. The molecule has 0 bridgehead atoms. The van der Waals surface area contributed by atoms with E-state index in [9.17, 15) is 4.79 Å². The Bertz CT molecular complexity index is 1010. The van der Waals surface area contributed by atoms with Gasteiger partial charge in [0.25, 0.3) is 0 Å². The molecule has 0 N–H and O–H groups in total. The maximum atomic E-state index is 12.9. The van der Waals surface area contributed by atoms with Gasteiger partial charge in [-0.2, -0.15) is 0 Å². The monoisotopic (exact) mass is 391 g/mol. The molecule has 0 saturated carbocycles.